The molecule has 0 bridgehead atoms. The van der Waals surface area contributed by atoms with Crippen LogP contribution in [0.2, 0.25) is 0 Å². The molecule has 0 saturated carbocycles. The van der Waals surface area contributed by atoms with Gasteiger partial charge in [-0.3, -0.25) is 9.69 Å². The van der Waals surface area contributed by atoms with E-state index in [2.05, 4.69) is 5.32 Å². The second-order valence-electron chi connectivity index (χ2n) is 4.92. The first kappa shape index (κ1) is 16.0. The fraction of sp³-hybridized carbons (Fsp3) is 0.467. The van der Waals surface area contributed by atoms with E-state index < -0.39 is 5.97 Å². The number of amides is 2. The highest BCUT2D eigenvalue weighted by Crippen LogP contribution is 2.19. The number of nitrogens with one attached hydrogen (secondary N) is 1. The molecule has 20 heavy (non-hydrogen) atoms. The van der Waals surface area contributed by atoms with E-state index in [9.17, 15) is 9.59 Å². The molecule has 0 saturated heterocycles. The molecule has 2 amide bonds. The first-order valence-corrected chi connectivity index (χ1v) is 6.78. The van der Waals surface area contributed by atoms with Crippen LogP contribution >= 0.6 is 0 Å². The number of carboxylic acid groups (broad SMARTS) is 1. The Kier molecular flexibility index (Phi) is 6.03. The van der Waals surface area contributed by atoms with Gasteiger partial charge in [0.2, 0.25) is 0 Å². The molecule has 0 spiro atoms. The van der Waals surface area contributed by atoms with Crippen molar-refractivity contribution < 1.29 is 14.7 Å². The minimum atomic E-state index is -0.849. The van der Waals surface area contributed by atoms with E-state index in [-0.39, 0.29) is 18.4 Å². The number of aryl methyl sites for hydroxylation is 1. The van der Waals surface area contributed by atoms with Crippen LogP contribution in [-0.2, 0) is 4.79 Å². The van der Waals surface area contributed by atoms with Crippen LogP contribution in [0.25, 0.3) is 0 Å². The molecule has 0 aliphatic heterocycles. The number of hydrogen-bond donors (Lipinski definition) is 2. The van der Waals surface area contributed by atoms with Gasteiger partial charge in [-0.1, -0.05) is 25.1 Å². The summed E-state index contributed by atoms with van der Waals surface area (Å²) in [6.07, 6.45) is 0.0524. The lowest BCUT2D eigenvalue weighted by Gasteiger charge is -2.24. The molecule has 1 unspecified atom stereocenters. The van der Waals surface area contributed by atoms with Gasteiger partial charge in [-0.15, -0.1) is 0 Å². The van der Waals surface area contributed by atoms with Crippen molar-refractivity contribution in [3.05, 3.63) is 29.8 Å². The first-order valence-electron chi connectivity index (χ1n) is 6.78. The lowest BCUT2D eigenvalue weighted by atomic mass is 10.1. The van der Waals surface area contributed by atoms with Gasteiger partial charge in [0.25, 0.3) is 0 Å². The third-order valence-corrected chi connectivity index (χ3v) is 3.09. The van der Waals surface area contributed by atoms with Gasteiger partial charge in [-0.2, -0.15) is 0 Å². The Labute approximate surface area is 119 Å². The monoisotopic (exact) mass is 278 g/mol. The number of carbonyl (C=O) groups excluding carboxylic acids is 1. The molecule has 5 heteroatoms. The number of carbonyl (C=O) groups is 2. The molecule has 0 fully saturated rings. The fourth-order valence-electron chi connectivity index (χ4n) is 2.02. The van der Waals surface area contributed by atoms with E-state index in [1.807, 2.05) is 38.1 Å². The molecule has 0 aliphatic rings. The van der Waals surface area contributed by atoms with Crippen LogP contribution in [0.1, 0.15) is 25.8 Å². The van der Waals surface area contributed by atoms with E-state index in [0.29, 0.717) is 13.1 Å². The van der Waals surface area contributed by atoms with Crippen molar-refractivity contribution in [2.75, 3.05) is 18.0 Å². The number of urea groups is 1. The molecule has 0 aromatic heterocycles. The maximum absolute atomic E-state index is 12.2. The van der Waals surface area contributed by atoms with Crippen LogP contribution in [0.3, 0.4) is 0 Å². The fourth-order valence-corrected chi connectivity index (χ4v) is 2.02. The van der Waals surface area contributed by atoms with Crippen molar-refractivity contribution in [1.82, 2.24) is 5.32 Å². The standard InChI is InChI=1S/C15H22N2O3/c1-4-17(13-8-6-5-7-12(13)3)15(20)16-10-11(2)9-14(18)19/h5-8,11H,4,9-10H2,1-3H3,(H,16,20)(H,18,19). The van der Waals surface area contributed by atoms with Crippen LogP contribution in [0.4, 0.5) is 10.5 Å². The van der Waals surface area contributed by atoms with Crippen molar-refractivity contribution in [2.24, 2.45) is 5.92 Å². The first-order chi connectivity index (χ1) is 9.45. The number of nitrogens with zero attached hydrogens (tertiary/aromatic N) is 1. The van der Waals surface area contributed by atoms with Crippen molar-refractivity contribution in [2.45, 2.75) is 27.2 Å². The Hall–Kier alpha value is -2.04. The minimum absolute atomic E-state index is 0.0524. The maximum atomic E-state index is 12.2. The van der Waals surface area contributed by atoms with Gasteiger partial charge in [0.05, 0.1) is 0 Å². The van der Waals surface area contributed by atoms with Gasteiger partial charge in [0, 0.05) is 25.2 Å². The molecule has 0 radical (unpaired) electrons. The molecule has 1 rings (SSSR count). The van der Waals surface area contributed by atoms with E-state index >= 15 is 0 Å². The van der Waals surface area contributed by atoms with Crippen LogP contribution in [-0.4, -0.2) is 30.2 Å². The lowest BCUT2D eigenvalue weighted by Crippen LogP contribution is -2.42. The van der Waals surface area contributed by atoms with Gasteiger partial charge >= 0.3 is 12.0 Å². The molecule has 110 valence electrons. The molecule has 1 atom stereocenters. The largest absolute Gasteiger partial charge is 0.481 e. The molecule has 2 N–H and O–H groups in total. The van der Waals surface area contributed by atoms with E-state index in [1.165, 1.54) is 0 Å². The minimum Gasteiger partial charge on any atom is -0.481 e. The topological polar surface area (TPSA) is 69.6 Å². The average Bonchev–Trinajstić information content (AvgIpc) is 2.38. The van der Waals surface area contributed by atoms with Crippen LogP contribution in [0.5, 0.6) is 0 Å². The normalized spacial score (nSPS) is 11.8. The van der Waals surface area contributed by atoms with Crippen LogP contribution in [0, 0.1) is 12.8 Å². The molecular formula is C15H22N2O3. The predicted molar refractivity (Wildman–Crippen MR) is 79.0 cm³/mol. The maximum Gasteiger partial charge on any atom is 0.321 e. The highest BCUT2D eigenvalue weighted by molar-refractivity contribution is 5.92. The summed E-state index contributed by atoms with van der Waals surface area (Å²) >= 11 is 0. The average molecular weight is 278 g/mol. The van der Waals surface area contributed by atoms with Gasteiger partial charge in [-0.25, -0.2) is 4.79 Å². The lowest BCUT2D eigenvalue weighted by molar-refractivity contribution is -0.137. The third kappa shape index (κ3) is 4.57. The van der Waals surface area contributed by atoms with Gasteiger partial charge in [0.15, 0.2) is 0 Å². The number of aliphatic carboxylic acids is 1. The number of rotatable bonds is 6. The molecule has 0 heterocycles. The summed E-state index contributed by atoms with van der Waals surface area (Å²) in [5.74, 6) is -0.940. The smallest absolute Gasteiger partial charge is 0.321 e. The number of hydrogen-bond acceptors (Lipinski definition) is 2. The summed E-state index contributed by atoms with van der Waals surface area (Å²) in [5.41, 5.74) is 1.90. The van der Waals surface area contributed by atoms with E-state index in [0.717, 1.165) is 11.3 Å². The number of benzene rings is 1. The van der Waals surface area contributed by atoms with E-state index in [4.69, 9.17) is 5.11 Å². The summed E-state index contributed by atoms with van der Waals surface area (Å²) < 4.78 is 0. The van der Waals surface area contributed by atoms with Crippen LogP contribution < -0.4 is 10.2 Å². The Morgan fingerprint density at radius 1 is 1.35 bits per heavy atom. The summed E-state index contributed by atoms with van der Waals surface area (Å²) in [4.78, 5) is 24.4. The number of anilines is 1. The highest BCUT2D eigenvalue weighted by atomic mass is 16.4. The number of para-hydroxylation sites is 1. The third-order valence-electron chi connectivity index (χ3n) is 3.09. The molecular weight excluding hydrogens is 256 g/mol. The molecule has 5 nitrogen and oxygen atoms in total. The quantitative estimate of drug-likeness (QED) is 0.840. The Bertz CT molecular complexity index is 474. The Balaban J connectivity index is 2.65. The highest BCUT2D eigenvalue weighted by Gasteiger charge is 2.16. The summed E-state index contributed by atoms with van der Waals surface area (Å²) in [5, 5.41) is 11.5. The van der Waals surface area contributed by atoms with Gasteiger partial charge in [-0.05, 0) is 31.4 Å². The SMILES string of the molecule is CCN(C(=O)NCC(C)CC(=O)O)c1ccccc1C. The van der Waals surface area contributed by atoms with Crippen molar-refractivity contribution >= 4 is 17.7 Å². The van der Waals surface area contributed by atoms with Gasteiger partial charge in [0.1, 0.15) is 0 Å². The zero-order chi connectivity index (χ0) is 15.1. The second-order valence-corrected chi connectivity index (χ2v) is 4.92. The van der Waals surface area contributed by atoms with Crippen molar-refractivity contribution in [3.8, 4) is 0 Å². The summed E-state index contributed by atoms with van der Waals surface area (Å²) in [7, 11) is 0. The summed E-state index contributed by atoms with van der Waals surface area (Å²) in [6, 6.07) is 7.49. The molecule has 1 aromatic carbocycles. The van der Waals surface area contributed by atoms with Crippen molar-refractivity contribution in [1.29, 1.82) is 0 Å². The van der Waals surface area contributed by atoms with E-state index in [1.54, 1.807) is 11.8 Å². The Morgan fingerprint density at radius 3 is 2.55 bits per heavy atom. The van der Waals surface area contributed by atoms with Crippen molar-refractivity contribution in [3.63, 3.8) is 0 Å². The Morgan fingerprint density at radius 2 is 2.00 bits per heavy atom. The van der Waals surface area contributed by atoms with Crippen LogP contribution in [0.15, 0.2) is 24.3 Å². The number of carboxylic acids is 1. The van der Waals surface area contributed by atoms with Gasteiger partial charge < -0.3 is 10.4 Å². The zero-order valence-electron chi connectivity index (χ0n) is 12.2. The predicted octanol–water partition coefficient (Wildman–Crippen LogP) is 2.64. The second kappa shape index (κ2) is 7.53. The molecule has 0 aliphatic carbocycles. The zero-order valence-corrected chi connectivity index (χ0v) is 12.2. The molecule has 1 aromatic rings. The summed E-state index contributed by atoms with van der Waals surface area (Å²) in [6.45, 7) is 6.58.